The van der Waals surface area contributed by atoms with Gasteiger partial charge in [-0.25, -0.2) is 0 Å². The Labute approximate surface area is 104 Å². The molecule has 2 aromatic rings. The number of carbonyl (C=O) groups excluding carboxylic acids is 1. The van der Waals surface area contributed by atoms with Crippen molar-refractivity contribution < 1.29 is 4.79 Å². The van der Waals surface area contributed by atoms with Crippen LogP contribution in [0.2, 0.25) is 0 Å². The number of H-pyrrole nitrogens is 1. The first-order chi connectivity index (χ1) is 8.40. The number of hydrogen-bond donors (Lipinski definition) is 1. The molecular weight excluding hydrogens is 232 g/mol. The molecule has 0 amide bonds. The molecule has 0 saturated heterocycles. The maximum atomic E-state index is 11.3. The lowest BCUT2D eigenvalue weighted by Crippen LogP contribution is -1.97. The summed E-state index contributed by atoms with van der Waals surface area (Å²) in [6.07, 6.45) is 5.82. The number of aldehydes is 1. The Bertz CT molecular complexity index is 510. The van der Waals surface area contributed by atoms with Gasteiger partial charge in [0.05, 0.1) is 10.4 Å². The topological polar surface area (TPSA) is 45.8 Å². The van der Waals surface area contributed by atoms with Crippen molar-refractivity contribution >= 4 is 17.6 Å². The summed E-state index contributed by atoms with van der Waals surface area (Å²) >= 11 is 1.62. The molecule has 0 spiro atoms. The third kappa shape index (κ3) is 1.82. The third-order valence-electron chi connectivity index (χ3n) is 3.47. The number of rotatable bonds is 3. The molecule has 1 aliphatic rings. The highest BCUT2D eigenvalue weighted by atomic mass is 32.1. The van der Waals surface area contributed by atoms with E-state index in [1.807, 2.05) is 17.5 Å². The minimum atomic E-state index is 0.497. The summed E-state index contributed by atoms with van der Waals surface area (Å²) in [5, 5.41) is 9.42. The molecule has 0 radical (unpaired) electrons. The van der Waals surface area contributed by atoms with E-state index in [0.29, 0.717) is 5.92 Å². The molecule has 1 aliphatic carbocycles. The van der Waals surface area contributed by atoms with Gasteiger partial charge in [0.25, 0.3) is 0 Å². The Hall–Kier alpha value is -1.42. The quantitative estimate of drug-likeness (QED) is 0.841. The molecule has 17 heavy (non-hydrogen) atoms. The lowest BCUT2D eigenvalue weighted by molar-refractivity contribution is 0.112. The molecule has 3 rings (SSSR count). The molecule has 4 heteroatoms. The molecule has 0 atom stereocenters. The smallest absolute Gasteiger partial charge is 0.154 e. The van der Waals surface area contributed by atoms with Crippen molar-refractivity contribution in [2.24, 2.45) is 0 Å². The molecule has 1 fully saturated rings. The van der Waals surface area contributed by atoms with Crippen LogP contribution < -0.4 is 0 Å². The van der Waals surface area contributed by atoms with Gasteiger partial charge < -0.3 is 0 Å². The zero-order valence-corrected chi connectivity index (χ0v) is 10.3. The molecule has 0 bridgehead atoms. The first-order valence-electron chi connectivity index (χ1n) is 5.97. The summed E-state index contributed by atoms with van der Waals surface area (Å²) in [6.45, 7) is 0. The van der Waals surface area contributed by atoms with Crippen LogP contribution in [0.5, 0.6) is 0 Å². The average molecular weight is 246 g/mol. The second-order valence-electron chi connectivity index (χ2n) is 4.48. The minimum absolute atomic E-state index is 0.497. The monoisotopic (exact) mass is 246 g/mol. The highest BCUT2D eigenvalue weighted by Crippen LogP contribution is 2.37. The van der Waals surface area contributed by atoms with E-state index < -0.39 is 0 Å². The molecule has 0 aromatic carbocycles. The number of thiophene rings is 1. The van der Waals surface area contributed by atoms with Crippen LogP contribution in [0.1, 0.15) is 47.7 Å². The average Bonchev–Trinajstić information content (AvgIpc) is 3.09. The molecule has 0 aliphatic heterocycles. The molecule has 88 valence electrons. The van der Waals surface area contributed by atoms with Crippen molar-refractivity contribution in [3.63, 3.8) is 0 Å². The third-order valence-corrected chi connectivity index (χ3v) is 4.35. The lowest BCUT2D eigenvalue weighted by Gasteiger charge is -2.06. The number of aromatic nitrogens is 2. The molecule has 3 nitrogen and oxygen atoms in total. The molecular formula is C13H14N2OS. The number of nitrogens with one attached hydrogen (secondary N) is 1. The van der Waals surface area contributed by atoms with Gasteiger partial charge in [-0.15, -0.1) is 11.3 Å². The maximum Gasteiger partial charge on any atom is 0.154 e. The van der Waals surface area contributed by atoms with Gasteiger partial charge in [-0.1, -0.05) is 18.9 Å². The zero-order valence-electron chi connectivity index (χ0n) is 9.48. The fourth-order valence-corrected chi connectivity index (χ4v) is 3.34. The van der Waals surface area contributed by atoms with E-state index >= 15 is 0 Å². The van der Waals surface area contributed by atoms with Crippen LogP contribution in [-0.4, -0.2) is 16.5 Å². The van der Waals surface area contributed by atoms with E-state index in [-0.39, 0.29) is 0 Å². The number of nitrogens with zero attached hydrogens (tertiary/aromatic N) is 1. The number of aromatic amines is 1. The van der Waals surface area contributed by atoms with Crippen LogP contribution in [0.25, 0.3) is 10.6 Å². The standard InChI is InChI=1S/C13H14N2OS/c16-8-10-12(9-4-1-2-5-9)14-15-13(10)11-6-3-7-17-11/h3,6-9H,1-2,4-5H2,(H,14,15). The van der Waals surface area contributed by atoms with E-state index in [2.05, 4.69) is 10.2 Å². The van der Waals surface area contributed by atoms with Crippen molar-refractivity contribution in [3.8, 4) is 10.6 Å². The Morgan fingerprint density at radius 3 is 2.88 bits per heavy atom. The van der Waals surface area contributed by atoms with Gasteiger partial charge in [-0.05, 0) is 24.3 Å². The van der Waals surface area contributed by atoms with E-state index in [1.165, 1.54) is 25.7 Å². The first kappa shape index (κ1) is 10.7. The summed E-state index contributed by atoms with van der Waals surface area (Å²) in [4.78, 5) is 12.4. The van der Waals surface area contributed by atoms with Gasteiger partial charge in [0, 0.05) is 11.6 Å². The second kappa shape index (κ2) is 4.45. The van der Waals surface area contributed by atoms with E-state index in [4.69, 9.17) is 0 Å². The van der Waals surface area contributed by atoms with Gasteiger partial charge >= 0.3 is 0 Å². The Morgan fingerprint density at radius 2 is 2.24 bits per heavy atom. The fourth-order valence-electron chi connectivity index (χ4n) is 2.61. The second-order valence-corrected chi connectivity index (χ2v) is 5.42. The van der Waals surface area contributed by atoms with Gasteiger partial charge in [0.1, 0.15) is 5.69 Å². The maximum absolute atomic E-state index is 11.3. The Morgan fingerprint density at radius 1 is 1.41 bits per heavy atom. The molecule has 2 heterocycles. The summed E-state index contributed by atoms with van der Waals surface area (Å²) in [7, 11) is 0. The summed E-state index contributed by atoms with van der Waals surface area (Å²) in [6, 6.07) is 3.99. The van der Waals surface area contributed by atoms with Crippen LogP contribution in [-0.2, 0) is 0 Å². The molecule has 1 N–H and O–H groups in total. The van der Waals surface area contributed by atoms with Crippen LogP contribution in [0.3, 0.4) is 0 Å². The zero-order chi connectivity index (χ0) is 11.7. The molecule has 0 unspecified atom stereocenters. The van der Waals surface area contributed by atoms with Gasteiger partial charge in [0.2, 0.25) is 0 Å². The van der Waals surface area contributed by atoms with Gasteiger partial charge in [-0.2, -0.15) is 5.10 Å². The minimum Gasteiger partial charge on any atom is -0.298 e. The first-order valence-corrected chi connectivity index (χ1v) is 6.85. The van der Waals surface area contributed by atoms with E-state index in [1.54, 1.807) is 11.3 Å². The van der Waals surface area contributed by atoms with Crippen LogP contribution >= 0.6 is 11.3 Å². The van der Waals surface area contributed by atoms with Crippen molar-refractivity contribution in [2.75, 3.05) is 0 Å². The summed E-state index contributed by atoms with van der Waals surface area (Å²) < 4.78 is 0. The van der Waals surface area contributed by atoms with Crippen molar-refractivity contribution in [2.45, 2.75) is 31.6 Å². The van der Waals surface area contributed by atoms with Crippen LogP contribution in [0, 0.1) is 0 Å². The predicted octanol–water partition coefficient (Wildman–Crippen LogP) is 3.61. The van der Waals surface area contributed by atoms with Crippen molar-refractivity contribution in [3.05, 3.63) is 28.8 Å². The van der Waals surface area contributed by atoms with E-state index in [0.717, 1.165) is 28.1 Å². The predicted molar refractivity (Wildman–Crippen MR) is 68.5 cm³/mol. The largest absolute Gasteiger partial charge is 0.298 e. The van der Waals surface area contributed by atoms with Crippen LogP contribution in [0.4, 0.5) is 0 Å². The van der Waals surface area contributed by atoms with Gasteiger partial charge in [-0.3, -0.25) is 9.89 Å². The van der Waals surface area contributed by atoms with Gasteiger partial charge in [0.15, 0.2) is 6.29 Å². The van der Waals surface area contributed by atoms with E-state index in [9.17, 15) is 4.79 Å². The Balaban J connectivity index is 2.03. The SMILES string of the molecule is O=Cc1c(-c2cccs2)n[nH]c1C1CCCC1. The van der Waals surface area contributed by atoms with Crippen molar-refractivity contribution in [1.82, 2.24) is 10.2 Å². The normalized spacial score (nSPS) is 16.5. The lowest BCUT2D eigenvalue weighted by atomic mass is 9.99. The highest BCUT2D eigenvalue weighted by molar-refractivity contribution is 7.13. The number of carbonyl (C=O) groups is 1. The Kier molecular flexibility index (Phi) is 2.81. The summed E-state index contributed by atoms with van der Waals surface area (Å²) in [5.41, 5.74) is 2.62. The molecule has 1 saturated carbocycles. The van der Waals surface area contributed by atoms with Crippen LogP contribution in [0.15, 0.2) is 17.5 Å². The fraction of sp³-hybridized carbons (Fsp3) is 0.385. The number of hydrogen-bond acceptors (Lipinski definition) is 3. The highest BCUT2D eigenvalue weighted by Gasteiger charge is 2.24. The molecule has 2 aromatic heterocycles. The van der Waals surface area contributed by atoms with Crippen molar-refractivity contribution in [1.29, 1.82) is 0 Å². The summed E-state index contributed by atoms with van der Waals surface area (Å²) in [5.74, 6) is 0.497.